The summed E-state index contributed by atoms with van der Waals surface area (Å²) in [6, 6.07) is 0. The van der Waals surface area contributed by atoms with Gasteiger partial charge >= 0.3 is 0 Å². The second kappa shape index (κ2) is 11.0. The van der Waals surface area contributed by atoms with Crippen LogP contribution in [0.25, 0.3) is 0 Å². The van der Waals surface area contributed by atoms with Crippen molar-refractivity contribution in [2.75, 3.05) is 13.2 Å². The van der Waals surface area contributed by atoms with E-state index in [-0.39, 0.29) is 0 Å². The van der Waals surface area contributed by atoms with Crippen molar-refractivity contribution in [1.29, 1.82) is 0 Å². The highest BCUT2D eigenvalue weighted by atomic mass is 16.8. The average molecular weight is 488 g/mol. The molecule has 0 bridgehead atoms. The van der Waals surface area contributed by atoms with E-state index in [1.807, 2.05) is 0 Å². The van der Waals surface area contributed by atoms with Gasteiger partial charge in [-0.1, -0.05) is 0 Å². The number of ether oxygens (including phenoxy) is 5. The Hall–Kier alpha value is -0.600. The van der Waals surface area contributed by atoms with Gasteiger partial charge in [0.25, 0.3) is 0 Å². The summed E-state index contributed by atoms with van der Waals surface area (Å²) in [6.07, 6.45) is -24.0. The van der Waals surface area contributed by atoms with Crippen molar-refractivity contribution in [3.63, 3.8) is 0 Å². The fourth-order valence-corrected chi connectivity index (χ4v) is 3.99. The predicted octanol–water partition coefficient (Wildman–Crippen LogP) is -6.55. The number of rotatable bonds is 6. The lowest BCUT2D eigenvalue weighted by Gasteiger charge is -2.48. The smallest absolute Gasteiger partial charge is 0.187 e. The van der Waals surface area contributed by atoms with E-state index < -0.39 is 105 Å². The minimum absolute atomic E-state index is 0.739. The summed E-state index contributed by atoms with van der Waals surface area (Å²) < 4.78 is 26.9. The molecule has 3 rings (SSSR count). The molecule has 0 radical (unpaired) electrons. The van der Waals surface area contributed by atoms with Gasteiger partial charge in [-0.05, 0) is 6.92 Å². The van der Waals surface area contributed by atoms with Crippen LogP contribution in [0.1, 0.15) is 6.92 Å². The van der Waals surface area contributed by atoms with E-state index in [9.17, 15) is 51.1 Å². The van der Waals surface area contributed by atoms with Crippen LogP contribution < -0.4 is 0 Å². The van der Waals surface area contributed by atoms with Crippen molar-refractivity contribution in [3.8, 4) is 0 Å². The summed E-state index contributed by atoms with van der Waals surface area (Å²) in [4.78, 5) is 0. The van der Waals surface area contributed by atoms with Gasteiger partial charge in [0, 0.05) is 0 Å². The van der Waals surface area contributed by atoms with Gasteiger partial charge in [-0.25, -0.2) is 0 Å². The summed E-state index contributed by atoms with van der Waals surface area (Å²) in [6.45, 7) is -0.127. The molecule has 10 N–H and O–H groups in total. The van der Waals surface area contributed by atoms with Gasteiger partial charge in [0.2, 0.25) is 0 Å². The zero-order chi connectivity index (χ0) is 24.6. The minimum Gasteiger partial charge on any atom is -0.394 e. The Morgan fingerprint density at radius 1 is 0.545 bits per heavy atom. The van der Waals surface area contributed by atoms with Crippen LogP contribution >= 0.6 is 0 Å². The SMILES string of the molecule is C[C@@H]1O[C@@H](O[C@@H]2[C@@H](O)[C@@H](O)O[C@H](CO)[C@@H]2O[C@@H]2O[C@H](CO)[C@@H](O)[C@H](O)[C@H]2O)[C@H](O)[C@H](O)[C@H]1O. The normalized spacial score (nSPS) is 53.7. The Morgan fingerprint density at radius 2 is 1.06 bits per heavy atom. The summed E-state index contributed by atoms with van der Waals surface area (Å²) in [7, 11) is 0. The predicted molar refractivity (Wildman–Crippen MR) is 99.8 cm³/mol. The highest BCUT2D eigenvalue weighted by Gasteiger charge is 2.53. The van der Waals surface area contributed by atoms with E-state index in [1.54, 1.807) is 0 Å². The molecule has 3 heterocycles. The molecule has 0 aromatic rings. The Kier molecular flexibility index (Phi) is 8.99. The van der Waals surface area contributed by atoms with E-state index in [1.165, 1.54) is 6.92 Å². The van der Waals surface area contributed by atoms with E-state index in [0.717, 1.165) is 0 Å². The fourth-order valence-electron chi connectivity index (χ4n) is 3.99. The molecule has 0 unspecified atom stereocenters. The maximum Gasteiger partial charge on any atom is 0.187 e. The lowest BCUT2D eigenvalue weighted by Crippen LogP contribution is -2.66. The second-order valence-electron chi connectivity index (χ2n) is 8.32. The first-order chi connectivity index (χ1) is 15.5. The highest BCUT2D eigenvalue weighted by Crippen LogP contribution is 2.32. The third-order valence-corrected chi connectivity index (χ3v) is 6.05. The quantitative estimate of drug-likeness (QED) is 0.167. The standard InChI is InChI=1S/C18H32O15/c1-4-7(21)9(23)11(25)17(29-4)33-15-13(27)16(28)30-6(3-20)14(15)32-18-12(26)10(24)8(22)5(2-19)31-18/h4-28H,2-3H2,1H3/t4-,5+,6+,7-,8+,9+,10-,11+,12+,13+,14-,15+,16-,17-,18-/m0/s1. The molecule has 3 fully saturated rings. The van der Waals surface area contributed by atoms with E-state index in [0.29, 0.717) is 0 Å². The van der Waals surface area contributed by atoms with Crippen LogP contribution in [0.3, 0.4) is 0 Å². The van der Waals surface area contributed by atoms with E-state index in [2.05, 4.69) is 0 Å². The Bertz CT molecular complexity index is 624. The van der Waals surface area contributed by atoms with Crippen molar-refractivity contribution in [3.05, 3.63) is 0 Å². The third-order valence-electron chi connectivity index (χ3n) is 6.05. The molecule has 0 aromatic heterocycles. The van der Waals surface area contributed by atoms with Crippen LogP contribution in [-0.2, 0) is 23.7 Å². The summed E-state index contributed by atoms with van der Waals surface area (Å²) >= 11 is 0. The number of aliphatic hydroxyl groups is 10. The first-order valence-electron chi connectivity index (χ1n) is 10.4. The largest absolute Gasteiger partial charge is 0.394 e. The molecule has 15 heteroatoms. The van der Waals surface area contributed by atoms with Gasteiger partial charge in [0.05, 0.1) is 19.3 Å². The lowest BCUT2D eigenvalue weighted by atomic mass is 9.96. The molecule has 15 atom stereocenters. The summed E-state index contributed by atoms with van der Waals surface area (Å²) in [5, 5.41) is 99.8. The van der Waals surface area contributed by atoms with Crippen molar-refractivity contribution < 1.29 is 74.7 Å². The number of hydrogen-bond acceptors (Lipinski definition) is 15. The molecule has 0 saturated carbocycles. The molecule has 0 amide bonds. The number of hydrogen-bond donors (Lipinski definition) is 10. The van der Waals surface area contributed by atoms with Crippen LogP contribution in [0.5, 0.6) is 0 Å². The van der Waals surface area contributed by atoms with Crippen LogP contribution in [0, 0.1) is 0 Å². The summed E-state index contributed by atoms with van der Waals surface area (Å²) in [5.41, 5.74) is 0. The first kappa shape index (κ1) is 27.0. The van der Waals surface area contributed by atoms with Gasteiger partial charge in [-0.3, -0.25) is 0 Å². The Morgan fingerprint density at radius 3 is 1.64 bits per heavy atom. The molecule has 3 aliphatic rings. The van der Waals surface area contributed by atoms with Crippen molar-refractivity contribution >= 4 is 0 Å². The van der Waals surface area contributed by atoms with Crippen LogP contribution in [0.2, 0.25) is 0 Å². The molecule has 0 aliphatic carbocycles. The molecular formula is C18H32O15. The van der Waals surface area contributed by atoms with E-state index >= 15 is 0 Å². The molecule has 3 saturated heterocycles. The van der Waals surface area contributed by atoms with Crippen molar-refractivity contribution in [2.24, 2.45) is 0 Å². The summed E-state index contributed by atoms with van der Waals surface area (Å²) in [5.74, 6) is 0. The van der Waals surface area contributed by atoms with Crippen LogP contribution in [0.4, 0.5) is 0 Å². The maximum atomic E-state index is 10.5. The fraction of sp³-hybridized carbons (Fsp3) is 1.00. The molecule has 3 aliphatic heterocycles. The molecule has 15 nitrogen and oxygen atoms in total. The second-order valence-corrected chi connectivity index (χ2v) is 8.32. The van der Waals surface area contributed by atoms with Gasteiger partial charge < -0.3 is 74.7 Å². The van der Waals surface area contributed by atoms with Gasteiger partial charge in [-0.2, -0.15) is 0 Å². The highest BCUT2D eigenvalue weighted by molar-refractivity contribution is 4.96. The third kappa shape index (κ3) is 5.32. The average Bonchev–Trinajstić information content (AvgIpc) is 2.80. The maximum absolute atomic E-state index is 10.5. The van der Waals surface area contributed by atoms with Gasteiger partial charge in [-0.15, -0.1) is 0 Å². The minimum atomic E-state index is -1.88. The molecule has 194 valence electrons. The van der Waals surface area contributed by atoms with Gasteiger partial charge in [0.1, 0.15) is 67.1 Å². The van der Waals surface area contributed by atoms with Crippen LogP contribution in [0.15, 0.2) is 0 Å². The monoisotopic (exact) mass is 488 g/mol. The number of aliphatic hydroxyl groups excluding tert-OH is 10. The van der Waals surface area contributed by atoms with Crippen molar-refractivity contribution in [1.82, 2.24) is 0 Å². The van der Waals surface area contributed by atoms with E-state index in [4.69, 9.17) is 23.7 Å². The molecule has 0 spiro atoms. The zero-order valence-corrected chi connectivity index (χ0v) is 17.6. The van der Waals surface area contributed by atoms with Crippen molar-refractivity contribution in [2.45, 2.75) is 99.0 Å². The molecular weight excluding hydrogens is 456 g/mol. The topological polar surface area (TPSA) is 248 Å². The molecule has 33 heavy (non-hydrogen) atoms. The first-order valence-corrected chi connectivity index (χ1v) is 10.4. The lowest BCUT2D eigenvalue weighted by molar-refractivity contribution is -0.382. The molecule has 0 aromatic carbocycles. The van der Waals surface area contributed by atoms with Gasteiger partial charge in [0.15, 0.2) is 18.9 Å². The Balaban J connectivity index is 1.83. The van der Waals surface area contributed by atoms with Crippen LogP contribution in [-0.4, -0.2) is 156 Å². The zero-order valence-electron chi connectivity index (χ0n) is 17.6. The Labute approximate surface area is 187 Å².